The summed E-state index contributed by atoms with van der Waals surface area (Å²) in [5.41, 5.74) is 2.52. The molecule has 6 heteroatoms. The van der Waals surface area contributed by atoms with Crippen molar-refractivity contribution in [2.75, 3.05) is 6.54 Å². The van der Waals surface area contributed by atoms with Gasteiger partial charge in [0.2, 0.25) is 0 Å². The van der Waals surface area contributed by atoms with Gasteiger partial charge in [-0.1, -0.05) is 27.7 Å². The number of nitrogens with zero attached hydrogens (tertiary/aromatic N) is 2. The Labute approximate surface area is 149 Å². The number of carbonyl (C=O) groups excluding carboxylic acids is 3. The highest BCUT2D eigenvalue weighted by atomic mass is 16.2. The second-order valence-corrected chi connectivity index (χ2v) is 7.64. The molecule has 0 aliphatic carbocycles. The van der Waals surface area contributed by atoms with E-state index in [0.717, 1.165) is 29.3 Å². The zero-order chi connectivity index (χ0) is 18.9. The molecule has 6 nitrogen and oxygen atoms in total. The molecule has 1 aromatic heterocycles. The monoisotopic (exact) mass is 347 g/mol. The first-order valence-corrected chi connectivity index (χ1v) is 8.95. The average Bonchev–Trinajstić information content (AvgIpc) is 2.96. The molecule has 0 spiro atoms. The molecular formula is C19H29N3O3. The van der Waals surface area contributed by atoms with E-state index >= 15 is 0 Å². The average molecular weight is 347 g/mol. The van der Waals surface area contributed by atoms with Crippen LogP contribution in [0.5, 0.6) is 0 Å². The Hall–Kier alpha value is -2.11. The van der Waals surface area contributed by atoms with Gasteiger partial charge in [0.15, 0.2) is 5.78 Å². The molecule has 138 valence electrons. The van der Waals surface area contributed by atoms with Crippen LogP contribution in [0.1, 0.15) is 55.9 Å². The molecule has 2 rings (SSSR count). The van der Waals surface area contributed by atoms with Gasteiger partial charge in [-0.05, 0) is 38.2 Å². The third kappa shape index (κ3) is 3.94. The van der Waals surface area contributed by atoms with Crippen molar-refractivity contribution in [3.63, 3.8) is 0 Å². The van der Waals surface area contributed by atoms with Gasteiger partial charge in [0.25, 0.3) is 5.91 Å². The number of rotatable bonds is 7. The molecule has 1 aliphatic heterocycles. The topological polar surface area (TPSA) is 71.4 Å². The number of nitrogens with one attached hydrogen (secondary N) is 1. The van der Waals surface area contributed by atoms with Gasteiger partial charge in [-0.25, -0.2) is 4.79 Å². The Kier molecular flexibility index (Phi) is 5.70. The first-order valence-electron chi connectivity index (χ1n) is 8.95. The van der Waals surface area contributed by atoms with Gasteiger partial charge >= 0.3 is 6.03 Å². The third-order valence-corrected chi connectivity index (χ3v) is 4.83. The summed E-state index contributed by atoms with van der Waals surface area (Å²) in [4.78, 5) is 38.1. The zero-order valence-corrected chi connectivity index (χ0v) is 16.0. The number of urea groups is 1. The van der Waals surface area contributed by atoms with E-state index in [4.69, 9.17) is 0 Å². The number of ketones is 1. The molecule has 1 atom stereocenters. The fraction of sp³-hybridized carbons (Fsp3) is 0.632. The van der Waals surface area contributed by atoms with E-state index in [0.29, 0.717) is 11.5 Å². The Bertz CT molecular complexity index is 688. The van der Waals surface area contributed by atoms with Crippen molar-refractivity contribution >= 4 is 17.7 Å². The summed E-state index contributed by atoms with van der Waals surface area (Å²) in [6.45, 7) is 12.6. The highest BCUT2D eigenvalue weighted by Crippen LogP contribution is 2.20. The lowest BCUT2D eigenvalue weighted by molar-refractivity contribution is -0.127. The van der Waals surface area contributed by atoms with Gasteiger partial charge in [-0.3, -0.25) is 14.5 Å². The van der Waals surface area contributed by atoms with E-state index in [2.05, 4.69) is 23.7 Å². The summed E-state index contributed by atoms with van der Waals surface area (Å²) < 4.78 is 2.13. The lowest BCUT2D eigenvalue weighted by Crippen LogP contribution is -2.37. The molecule has 1 N–H and O–H groups in total. The minimum absolute atomic E-state index is 0.00218. The molecule has 25 heavy (non-hydrogen) atoms. The molecular weight excluding hydrogens is 318 g/mol. The normalized spacial score (nSPS) is 17.8. The van der Waals surface area contributed by atoms with E-state index in [1.165, 1.54) is 0 Å². The van der Waals surface area contributed by atoms with Crippen LogP contribution in [0.2, 0.25) is 0 Å². The van der Waals surface area contributed by atoms with Gasteiger partial charge in [0.1, 0.15) is 6.04 Å². The number of hydrogen-bond donors (Lipinski definition) is 1. The third-order valence-electron chi connectivity index (χ3n) is 4.83. The number of aryl methyl sites for hydroxylation is 1. The maximum absolute atomic E-state index is 12.7. The van der Waals surface area contributed by atoms with Crippen molar-refractivity contribution in [1.82, 2.24) is 14.8 Å². The highest BCUT2D eigenvalue weighted by Gasteiger charge is 2.40. The van der Waals surface area contributed by atoms with Gasteiger partial charge in [-0.15, -0.1) is 0 Å². The Morgan fingerprint density at radius 1 is 1.20 bits per heavy atom. The van der Waals surface area contributed by atoms with Gasteiger partial charge in [-0.2, -0.15) is 0 Å². The number of Topliss-reactive ketones (excluding diaryl/α,β-unsaturated/α-hetero) is 1. The lowest BCUT2D eigenvalue weighted by Gasteiger charge is -2.14. The van der Waals surface area contributed by atoms with Crippen LogP contribution in [0.15, 0.2) is 6.07 Å². The fourth-order valence-corrected chi connectivity index (χ4v) is 3.19. The molecule has 1 aliphatic rings. The van der Waals surface area contributed by atoms with E-state index in [1.54, 1.807) is 0 Å². The van der Waals surface area contributed by atoms with Crippen LogP contribution in [0.25, 0.3) is 0 Å². The van der Waals surface area contributed by atoms with Crippen LogP contribution in [-0.4, -0.2) is 39.8 Å². The zero-order valence-electron chi connectivity index (χ0n) is 16.0. The number of amides is 3. The molecule has 3 amide bonds. The second-order valence-electron chi connectivity index (χ2n) is 7.64. The Balaban J connectivity index is 2.15. The van der Waals surface area contributed by atoms with Crippen LogP contribution in [-0.2, 0) is 11.3 Å². The summed E-state index contributed by atoms with van der Waals surface area (Å²) in [6, 6.07) is 0.834. The van der Waals surface area contributed by atoms with Crippen molar-refractivity contribution in [1.29, 1.82) is 0 Å². The Morgan fingerprint density at radius 2 is 1.84 bits per heavy atom. The van der Waals surface area contributed by atoms with Crippen LogP contribution in [0, 0.1) is 25.7 Å². The largest absolute Gasteiger partial charge is 0.348 e. The minimum atomic E-state index is -0.543. The van der Waals surface area contributed by atoms with Crippen molar-refractivity contribution in [3.05, 3.63) is 23.0 Å². The fourth-order valence-electron chi connectivity index (χ4n) is 3.19. The van der Waals surface area contributed by atoms with Gasteiger partial charge < -0.3 is 9.88 Å². The minimum Gasteiger partial charge on any atom is -0.348 e. The van der Waals surface area contributed by atoms with Crippen molar-refractivity contribution < 1.29 is 14.4 Å². The first-order chi connectivity index (χ1) is 11.6. The van der Waals surface area contributed by atoms with E-state index in [-0.39, 0.29) is 24.2 Å². The molecule has 0 radical (unpaired) electrons. The molecule has 0 aromatic carbocycles. The summed E-state index contributed by atoms with van der Waals surface area (Å²) >= 11 is 0. The quantitative estimate of drug-likeness (QED) is 0.609. The van der Waals surface area contributed by atoms with E-state index in [9.17, 15) is 14.4 Å². The lowest BCUT2D eigenvalue weighted by atomic mass is 10.0. The van der Waals surface area contributed by atoms with Gasteiger partial charge in [0, 0.05) is 23.5 Å². The van der Waals surface area contributed by atoms with Gasteiger partial charge in [0.05, 0.1) is 6.54 Å². The van der Waals surface area contributed by atoms with Crippen molar-refractivity contribution in [2.45, 2.75) is 60.5 Å². The maximum atomic E-state index is 12.7. The SMILES string of the molecule is Cc1cc(C(=O)CN2C(=O)NC(C(C)C)C2=O)c(C)n1CCC(C)C. The molecule has 2 heterocycles. The Morgan fingerprint density at radius 3 is 2.36 bits per heavy atom. The number of aromatic nitrogens is 1. The number of carbonyl (C=O) groups is 3. The van der Waals surface area contributed by atoms with Crippen LogP contribution < -0.4 is 5.32 Å². The summed E-state index contributed by atoms with van der Waals surface area (Å²) in [7, 11) is 0. The molecule has 1 saturated heterocycles. The van der Waals surface area contributed by atoms with Crippen LogP contribution in [0.3, 0.4) is 0 Å². The summed E-state index contributed by atoms with van der Waals surface area (Å²) in [6.07, 6.45) is 1.03. The molecule has 0 saturated carbocycles. The predicted octanol–water partition coefficient (Wildman–Crippen LogP) is 2.91. The molecule has 1 aromatic rings. The number of imide groups is 1. The van der Waals surface area contributed by atoms with Crippen molar-refractivity contribution in [3.8, 4) is 0 Å². The summed E-state index contributed by atoms with van der Waals surface area (Å²) in [5.74, 6) is 0.0654. The predicted molar refractivity (Wildman–Crippen MR) is 96.6 cm³/mol. The number of hydrogen-bond acceptors (Lipinski definition) is 3. The smallest absolute Gasteiger partial charge is 0.325 e. The van der Waals surface area contributed by atoms with E-state index < -0.39 is 12.1 Å². The molecule has 1 fully saturated rings. The maximum Gasteiger partial charge on any atom is 0.325 e. The second kappa shape index (κ2) is 7.42. The molecule has 1 unspecified atom stereocenters. The van der Waals surface area contributed by atoms with Crippen LogP contribution >= 0.6 is 0 Å². The summed E-state index contributed by atoms with van der Waals surface area (Å²) in [5, 5.41) is 2.65. The first kappa shape index (κ1) is 19.2. The van der Waals surface area contributed by atoms with Crippen molar-refractivity contribution in [2.24, 2.45) is 11.8 Å². The highest BCUT2D eigenvalue weighted by molar-refractivity contribution is 6.09. The molecule has 0 bridgehead atoms. The standard InChI is InChI=1S/C19H29N3O3/c1-11(2)7-8-21-13(5)9-15(14(21)6)16(23)10-22-18(24)17(12(3)4)20-19(22)25/h9,11-12,17H,7-8,10H2,1-6H3,(H,20,25). The van der Waals surface area contributed by atoms with E-state index in [1.807, 2.05) is 33.8 Å². The van der Waals surface area contributed by atoms with Crippen LogP contribution in [0.4, 0.5) is 4.79 Å².